The van der Waals surface area contributed by atoms with Gasteiger partial charge in [-0.05, 0) is 24.3 Å². The third-order valence-electron chi connectivity index (χ3n) is 2.06. The van der Waals surface area contributed by atoms with Crippen LogP contribution < -0.4 is 4.74 Å². The lowest BCUT2D eigenvalue weighted by atomic mass is 10.3. The summed E-state index contributed by atoms with van der Waals surface area (Å²) in [7, 11) is 0. The molecule has 2 aromatic rings. The Morgan fingerprint density at radius 1 is 1.33 bits per heavy atom. The number of ether oxygens (including phenoxy) is 1. The third kappa shape index (κ3) is 3.15. The van der Waals surface area contributed by atoms with Crippen LogP contribution in [-0.4, -0.2) is 20.9 Å². The summed E-state index contributed by atoms with van der Waals surface area (Å²) in [4.78, 5) is 10.6. The molecule has 0 fully saturated rings. The van der Waals surface area contributed by atoms with Gasteiger partial charge in [-0.1, -0.05) is 23.2 Å². The molecule has 1 N–H and O–H groups in total. The van der Waals surface area contributed by atoms with Crippen LogP contribution in [0.1, 0.15) is 10.5 Å². The van der Waals surface area contributed by atoms with E-state index < -0.39 is 5.97 Å². The van der Waals surface area contributed by atoms with Crippen LogP contribution in [0.15, 0.2) is 30.5 Å². The molecule has 0 spiro atoms. The average molecular weight is 287 g/mol. The lowest BCUT2D eigenvalue weighted by molar-refractivity contribution is 0.0688. The van der Waals surface area contributed by atoms with Crippen molar-refractivity contribution in [2.75, 3.05) is 0 Å². The number of hydrogen-bond donors (Lipinski definition) is 1. The second-order valence-corrected chi connectivity index (χ2v) is 4.30. The van der Waals surface area contributed by atoms with E-state index in [2.05, 4.69) is 5.10 Å². The Bertz CT molecular complexity index is 563. The molecule has 0 amide bonds. The zero-order chi connectivity index (χ0) is 13.1. The molecule has 1 heterocycles. The molecule has 0 bridgehead atoms. The lowest BCUT2D eigenvalue weighted by Crippen LogP contribution is -2.07. The summed E-state index contributed by atoms with van der Waals surface area (Å²) in [6, 6.07) is 6.19. The van der Waals surface area contributed by atoms with Gasteiger partial charge in [0, 0.05) is 16.2 Å². The molecular weight excluding hydrogens is 279 g/mol. The molecule has 0 saturated heterocycles. The van der Waals surface area contributed by atoms with Crippen molar-refractivity contribution in [1.82, 2.24) is 9.78 Å². The number of aromatic carboxylic acids is 1. The van der Waals surface area contributed by atoms with E-state index in [4.69, 9.17) is 33.0 Å². The van der Waals surface area contributed by atoms with E-state index in [-0.39, 0.29) is 12.4 Å². The predicted molar refractivity (Wildman–Crippen MR) is 66.3 cm³/mol. The molecule has 18 heavy (non-hydrogen) atoms. The third-order valence-corrected chi connectivity index (χ3v) is 2.50. The quantitative estimate of drug-likeness (QED) is 0.939. The number of hydrogen-bond acceptors (Lipinski definition) is 3. The minimum atomic E-state index is -1.08. The van der Waals surface area contributed by atoms with Crippen LogP contribution in [0, 0.1) is 0 Å². The Hall–Kier alpha value is -1.72. The van der Waals surface area contributed by atoms with Gasteiger partial charge in [-0.2, -0.15) is 5.10 Å². The molecular formula is C11H8Cl2N2O3. The van der Waals surface area contributed by atoms with Gasteiger partial charge in [0.1, 0.15) is 5.75 Å². The highest BCUT2D eigenvalue weighted by atomic mass is 35.5. The molecule has 2 rings (SSSR count). The normalized spacial score (nSPS) is 10.3. The Labute approximate surface area is 113 Å². The van der Waals surface area contributed by atoms with Gasteiger partial charge < -0.3 is 9.84 Å². The van der Waals surface area contributed by atoms with E-state index in [9.17, 15) is 4.79 Å². The average Bonchev–Trinajstić information content (AvgIpc) is 2.73. The number of halogens is 2. The molecule has 0 aliphatic rings. The second-order valence-electron chi connectivity index (χ2n) is 3.42. The SMILES string of the molecule is O=C(O)c1ccn(COc2cc(Cl)cc(Cl)c2)n1. The summed E-state index contributed by atoms with van der Waals surface area (Å²) >= 11 is 11.6. The number of nitrogens with zero attached hydrogens (tertiary/aromatic N) is 2. The maximum absolute atomic E-state index is 10.6. The fraction of sp³-hybridized carbons (Fsp3) is 0.0909. The number of carboxylic acids is 1. The maximum Gasteiger partial charge on any atom is 0.356 e. The molecule has 5 nitrogen and oxygen atoms in total. The van der Waals surface area contributed by atoms with Crippen molar-refractivity contribution in [1.29, 1.82) is 0 Å². The van der Waals surface area contributed by atoms with E-state index >= 15 is 0 Å². The first-order chi connectivity index (χ1) is 8.54. The van der Waals surface area contributed by atoms with Crippen molar-refractivity contribution in [3.05, 3.63) is 46.2 Å². The van der Waals surface area contributed by atoms with Crippen molar-refractivity contribution in [2.24, 2.45) is 0 Å². The highest BCUT2D eigenvalue weighted by Gasteiger charge is 2.06. The van der Waals surface area contributed by atoms with Crippen LogP contribution in [0.5, 0.6) is 5.75 Å². The number of carbonyl (C=O) groups is 1. The Balaban J connectivity index is 2.04. The highest BCUT2D eigenvalue weighted by Crippen LogP contribution is 2.24. The second kappa shape index (κ2) is 5.29. The summed E-state index contributed by atoms with van der Waals surface area (Å²) in [6.45, 7) is 0.0734. The molecule has 0 atom stereocenters. The van der Waals surface area contributed by atoms with Crippen molar-refractivity contribution >= 4 is 29.2 Å². The standard InChI is InChI=1S/C11H8Cl2N2O3/c12-7-3-8(13)5-9(4-7)18-6-15-2-1-10(14-15)11(16)17/h1-5H,6H2,(H,16,17). The van der Waals surface area contributed by atoms with Crippen LogP contribution in [0.2, 0.25) is 10.0 Å². The minimum Gasteiger partial charge on any atom is -0.476 e. The smallest absolute Gasteiger partial charge is 0.356 e. The zero-order valence-electron chi connectivity index (χ0n) is 9.01. The summed E-state index contributed by atoms with van der Waals surface area (Å²) in [5, 5.41) is 13.4. The van der Waals surface area contributed by atoms with Crippen molar-refractivity contribution in [3.8, 4) is 5.75 Å². The molecule has 1 aromatic heterocycles. The fourth-order valence-corrected chi connectivity index (χ4v) is 1.81. The van der Waals surface area contributed by atoms with Gasteiger partial charge in [0.25, 0.3) is 0 Å². The van der Waals surface area contributed by atoms with Crippen molar-refractivity contribution in [3.63, 3.8) is 0 Å². The monoisotopic (exact) mass is 286 g/mol. The molecule has 0 unspecified atom stereocenters. The Morgan fingerprint density at radius 3 is 2.56 bits per heavy atom. The van der Waals surface area contributed by atoms with Gasteiger partial charge in [0.15, 0.2) is 12.4 Å². The topological polar surface area (TPSA) is 64.3 Å². The number of rotatable bonds is 4. The predicted octanol–water partition coefficient (Wildman–Crippen LogP) is 2.92. The molecule has 1 aromatic carbocycles. The zero-order valence-corrected chi connectivity index (χ0v) is 10.5. The van der Waals surface area contributed by atoms with E-state index in [0.717, 1.165) is 0 Å². The Kier molecular flexibility index (Phi) is 3.74. The fourth-order valence-electron chi connectivity index (χ4n) is 1.30. The van der Waals surface area contributed by atoms with Crippen LogP contribution in [0.4, 0.5) is 0 Å². The number of carboxylic acid groups (broad SMARTS) is 1. The van der Waals surface area contributed by atoms with E-state index in [0.29, 0.717) is 15.8 Å². The molecule has 7 heteroatoms. The highest BCUT2D eigenvalue weighted by molar-refractivity contribution is 6.34. The minimum absolute atomic E-state index is 0.0391. The molecule has 94 valence electrons. The molecule has 0 saturated carbocycles. The van der Waals surface area contributed by atoms with E-state index in [1.165, 1.54) is 16.9 Å². The summed E-state index contributed by atoms with van der Waals surface area (Å²) < 4.78 is 6.74. The van der Waals surface area contributed by atoms with Crippen LogP contribution in [-0.2, 0) is 6.73 Å². The first kappa shape index (κ1) is 12.7. The summed E-state index contributed by atoms with van der Waals surface area (Å²) in [6.07, 6.45) is 1.51. The van der Waals surface area contributed by atoms with Gasteiger partial charge in [0.05, 0.1) is 0 Å². The summed E-state index contributed by atoms with van der Waals surface area (Å²) in [5.41, 5.74) is -0.0391. The van der Waals surface area contributed by atoms with Crippen molar-refractivity contribution < 1.29 is 14.6 Å². The van der Waals surface area contributed by atoms with Gasteiger partial charge in [-0.25, -0.2) is 9.48 Å². The van der Waals surface area contributed by atoms with Gasteiger partial charge in [-0.3, -0.25) is 0 Å². The van der Waals surface area contributed by atoms with Gasteiger partial charge in [0.2, 0.25) is 0 Å². The molecule has 0 radical (unpaired) electrons. The largest absolute Gasteiger partial charge is 0.476 e. The first-order valence-corrected chi connectivity index (χ1v) is 5.66. The lowest BCUT2D eigenvalue weighted by Gasteiger charge is -2.06. The number of benzene rings is 1. The first-order valence-electron chi connectivity index (χ1n) is 4.90. The van der Waals surface area contributed by atoms with Crippen LogP contribution >= 0.6 is 23.2 Å². The van der Waals surface area contributed by atoms with E-state index in [1.54, 1.807) is 18.2 Å². The molecule has 0 aliphatic heterocycles. The Morgan fingerprint density at radius 2 is 2.00 bits per heavy atom. The molecule has 0 aliphatic carbocycles. The van der Waals surface area contributed by atoms with Crippen LogP contribution in [0.3, 0.4) is 0 Å². The van der Waals surface area contributed by atoms with Crippen LogP contribution in [0.25, 0.3) is 0 Å². The maximum atomic E-state index is 10.6. The van der Waals surface area contributed by atoms with Gasteiger partial charge in [-0.15, -0.1) is 0 Å². The van der Waals surface area contributed by atoms with Crippen molar-refractivity contribution in [2.45, 2.75) is 6.73 Å². The van der Waals surface area contributed by atoms with E-state index in [1.807, 2.05) is 0 Å². The number of aromatic nitrogens is 2. The summed E-state index contributed by atoms with van der Waals surface area (Å²) in [5.74, 6) is -0.598. The van der Waals surface area contributed by atoms with Gasteiger partial charge >= 0.3 is 5.97 Å².